The number of amides is 2. The van der Waals surface area contributed by atoms with E-state index in [2.05, 4.69) is 15.8 Å². The fourth-order valence-electron chi connectivity index (χ4n) is 2.05. The fourth-order valence-corrected chi connectivity index (χ4v) is 2.05. The van der Waals surface area contributed by atoms with Gasteiger partial charge in [0.05, 0.1) is 6.21 Å². The van der Waals surface area contributed by atoms with Crippen molar-refractivity contribution in [1.29, 1.82) is 0 Å². The van der Waals surface area contributed by atoms with Crippen LogP contribution < -0.4 is 10.7 Å². The van der Waals surface area contributed by atoms with E-state index in [-0.39, 0.29) is 30.5 Å². The van der Waals surface area contributed by atoms with Crippen molar-refractivity contribution in [3.05, 3.63) is 65.0 Å². The topological polar surface area (TPSA) is 70.6 Å². The second-order valence-electron chi connectivity index (χ2n) is 5.69. The normalized spacial score (nSPS) is 10.7. The van der Waals surface area contributed by atoms with E-state index in [1.54, 1.807) is 12.1 Å². The average molecular weight is 341 g/mol. The van der Waals surface area contributed by atoms with Crippen LogP contribution in [-0.4, -0.2) is 18.0 Å². The zero-order valence-corrected chi connectivity index (χ0v) is 14.2. The number of hydrazone groups is 1. The minimum atomic E-state index is -0.367. The molecule has 0 saturated heterocycles. The van der Waals surface area contributed by atoms with Gasteiger partial charge in [-0.2, -0.15) is 5.10 Å². The summed E-state index contributed by atoms with van der Waals surface area (Å²) in [5.41, 5.74) is 5.95. The summed E-state index contributed by atoms with van der Waals surface area (Å²) >= 11 is 0. The molecule has 0 unspecified atom stereocenters. The van der Waals surface area contributed by atoms with Crippen LogP contribution in [0.2, 0.25) is 0 Å². The van der Waals surface area contributed by atoms with Crippen molar-refractivity contribution in [2.24, 2.45) is 5.10 Å². The smallest absolute Gasteiger partial charge is 0.240 e. The van der Waals surface area contributed by atoms with Gasteiger partial charge in [0.1, 0.15) is 5.82 Å². The van der Waals surface area contributed by atoms with Crippen LogP contribution in [0.3, 0.4) is 0 Å². The molecule has 2 aromatic carbocycles. The van der Waals surface area contributed by atoms with Gasteiger partial charge >= 0.3 is 0 Å². The van der Waals surface area contributed by atoms with Gasteiger partial charge in [0.2, 0.25) is 11.8 Å². The van der Waals surface area contributed by atoms with Gasteiger partial charge in [-0.1, -0.05) is 18.2 Å². The lowest BCUT2D eigenvalue weighted by molar-refractivity contribution is -0.124. The van der Waals surface area contributed by atoms with E-state index in [1.807, 2.05) is 32.0 Å². The molecule has 5 nitrogen and oxygen atoms in total. The summed E-state index contributed by atoms with van der Waals surface area (Å²) < 4.78 is 12.8. The molecule has 6 heteroatoms. The van der Waals surface area contributed by atoms with Crippen LogP contribution in [0, 0.1) is 19.7 Å². The molecule has 0 atom stereocenters. The van der Waals surface area contributed by atoms with Gasteiger partial charge in [0.15, 0.2) is 0 Å². The van der Waals surface area contributed by atoms with Crippen LogP contribution in [0.5, 0.6) is 0 Å². The maximum absolute atomic E-state index is 12.8. The third-order valence-corrected chi connectivity index (χ3v) is 3.64. The fraction of sp³-hybridized carbons (Fsp3) is 0.211. The molecular formula is C19H20FN3O2. The van der Waals surface area contributed by atoms with Gasteiger partial charge in [-0.15, -0.1) is 0 Å². The Hall–Kier alpha value is -3.02. The van der Waals surface area contributed by atoms with Gasteiger partial charge in [0, 0.05) is 18.5 Å². The lowest BCUT2D eigenvalue weighted by atomic mass is 10.1. The Labute approximate surface area is 145 Å². The molecule has 2 N–H and O–H groups in total. The Morgan fingerprint density at radius 1 is 1.00 bits per heavy atom. The summed E-state index contributed by atoms with van der Waals surface area (Å²) in [7, 11) is 0. The number of hydrogen-bond acceptors (Lipinski definition) is 3. The highest BCUT2D eigenvalue weighted by molar-refractivity contribution is 5.93. The summed E-state index contributed by atoms with van der Waals surface area (Å²) in [6.07, 6.45) is 1.49. The first-order valence-corrected chi connectivity index (χ1v) is 7.88. The number of benzene rings is 2. The van der Waals surface area contributed by atoms with Gasteiger partial charge in [-0.05, 0) is 54.8 Å². The number of anilines is 1. The van der Waals surface area contributed by atoms with Crippen LogP contribution in [0.15, 0.2) is 47.6 Å². The summed E-state index contributed by atoms with van der Waals surface area (Å²) in [5.74, 6) is -0.939. The SMILES string of the molecule is Cc1ccc(NC(=O)CCC(=O)NN=Cc2ccc(F)cc2)cc1C. The summed E-state index contributed by atoms with van der Waals surface area (Å²) in [6, 6.07) is 11.3. The Kier molecular flexibility index (Phi) is 6.39. The molecule has 0 spiro atoms. The number of aryl methyl sites for hydroxylation is 2. The highest BCUT2D eigenvalue weighted by Gasteiger charge is 2.07. The third kappa shape index (κ3) is 6.18. The third-order valence-electron chi connectivity index (χ3n) is 3.64. The van der Waals surface area contributed by atoms with Crippen LogP contribution in [0.4, 0.5) is 10.1 Å². The number of nitrogens with zero attached hydrogens (tertiary/aromatic N) is 1. The van der Waals surface area contributed by atoms with Crippen molar-refractivity contribution in [1.82, 2.24) is 5.43 Å². The van der Waals surface area contributed by atoms with Crippen LogP contribution in [0.25, 0.3) is 0 Å². The zero-order chi connectivity index (χ0) is 18.2. The largest absolute Gasteiger partial charge is 0.326 e. The average Bonchev–Trinajstić information content (AvgIpc) is 2.58. The molecule has 130 valence electrons. The van der Waals surface area contributed by atoms with E-state index in [0.717, 1.165) is 11.1 Å². The molecule has 0 aliphatic rings. The number of carbonyl (C=O) groups is 2. The molecule has 0 bridgehead atoms. The highest BCUT2D eigenvalue weighted by Crippen LogP contribution is 2.14. The van der Waals surface area contributed by atoms with Crippen LogP contribution in [0.1, 0.15) is 29.5 Å². The van der Waals surface area contributed by atoms with Crippen molar-refractivity contribution in [3.8, 4) is 0 Å². The van der Waals surface area contributed by atoms with E-state index in [9.17, 15) is 14.0 Å². The number of hydrogen-bond donors (Lipinski definition) is 2. The molecule has 2 aromatic rings. The zero-order valence-electron chi connectivity index (χ0n) is 14.2. The number of rotatable bonds is 6. The molecule has 2 amide bonds. The summed E-state index contributed by atoms with van der Waals surface area (Å²) in [5, 5.41) is 6.54. The van der Waals surface area contributed by atoms with Gasteiger partial charge in [-0.3, -0.25) is 9.59 Å². The molecular weight excluding hydrogens is 321 g/mol. The van der Waals surface area contributed by atoms with E-state index in [1.165, 1.54) is 18.3 Å². The van der Waals surface area contributed by atoms with Crippen LogP contribution in [-0.2, 0) is 9.59 Å². The predicted octanol–water partition coefficient (Wildman–Crippen LogP) is 3.31. The second-order valence-corrected chi connectivity index (χ2v) is 5.69. The summed E-state index contributed by atoms with van der Waals surface area (Å²) in [4.78, 5) is 23.6. The van der Waals surface area contributed by atoms with Crippen molar-refractivity contribution >= 4 is 23.7 Å². The number of halogens is 1. The Morgan fingerprint density at radius 3 is 2.36 bits per heavy atom. The van der Waals surface area contributed by atoms with E-state index in [0.29, 0.717) is 11.3 Å². The van der Waals surface area contributed by atoms with Crippen molar-refractivity contribution in [3.63, 3.8) is 0 Å². The standard InChI is InChI=1S/C19H20FN3O2/c1-13-3-8-17(11-14(13)2)22-18(24)9-10-19(25)23-21-12-15-4-6-16(20)7-5-15/h3-8,11-12H,9-10H2,1-2H3,(H,22,24)(H,23,25). The predicted molar refractivity (Wildman–Crippen MR) is 95.9 cm³/mol. The lowest BCUT2D eigenvalue weighted by Gasteiger charge is -2.07. The maximum atomic E-state index is 12.8. The number of carbonyl (C=O) groups excluding carboxylic acids is 2. The van der Waals surface area contributed by atoms with Crippen molar-refractivity contribution in [2.75, 3.05) is 5.32 Å². The Morgan fingerprint density at radius 2 is 1.68 bits per heavy atom. The van der Waals surface area contributed by atoms with Crippen LogP contribution >= 0.6 is 0 Å². The minimum Gasteiger partial charge on any atom is -0.326 e. The van der Waals surface area contributed by atoms with Gasteiger partial charge in [0.25, 0.3) is 0 Å². The molecule has 0 saturated carbocycles. The molecule has 2 rings (SSSR count). The van der Waals surface area contributed by atoms with Gasteiger partial charge in [-0.25, -0.2) is 9.82 Å². The van der Waals surface area contributed by atoms with Gasteiger partial charge < -0.3 is 5.32 Å². The van der Waals surface area contributed by atoms with Crippen molar-refractivity contribution < 1.29 is 14.0 Å². The Bertz CT molecular complexity index is 786. The quantitative estimate of drug-likeness (QED) is 0.625. The van der Waals surface area contributed by atoms with E-state index < -0.39 is 0 Å². The van der Waals surface area contributed by atoms with Crippen molar-refractivity contribution in [2.45, 2.75) is 26.7 Å². The lowest BCUT2D eigenvalue weighted by Crippen LogP contribution is -2.20. The molecule has 0 fully saturated rings. The number of nitrogens with one attached hydrogen (secondary N) is 2. The summed E-state index contributed by atoms with van der Waals surface area (Å²) in [6.45, 7) is 3.97. The van der Waals surface area contributed by atoms with E-state index in [4.69, 9.17) is 0 Å². The van der Waals surface area contributed by atoms with E-state index >= 15 is 0 Å². The minimum absolute atomic E-state index is 0.0252. The molecule has 0 radical (unpaired) electrons. The second kappa shape index (κ2) is 8.73. The highest BCUT2D eigenvalue weighted by atomic mass is 19.1. The monoisotopic (exact) mass is 341 g/mol. The molecule has 0 aliphatic heterocycles. The Balaban J connectivity index is 1.74. The molecule has 0 heterocycles. The first-order chi connectivity index (χ1) is 11.9. The molecule has 0 aliphatic carbocycles. The molecule has 0 aromatic heterocycles. The first-order valence-electron chi connectivity index (χ1n) is 7.88. The molecule has 25 heavy (non-hydrogen) atoms. The first kappa shape index (κ1) is 18.3. The maximum Gasteiger partial charge on any atom is 0.240 e.